The molecular formula is C11H16BrNO. The molecule has 14 heavy (non-hydrogen) atoms. The first-order valence-electron chi connectivity index (χ1n) is 4.64. The van der Waals surface area contributed by atoms with Crippen LogP contribution in [0.4, 0.5) is 0 Å². The maximum absolute atomic E-state index is 5.63. The first-order chi connectivity index (χ1) is 6.60. The SMILES string of the molecule is COc1c(C)cc(C(C)CN)cc1Br. The zero-order chi connectivity index (χ0) is 10.7. The van der Waals surface area contributed by atoms with Gasteiger partial charge in [0.15, 0.2) is 0 Å². The topological polar surface area (TPSA) is 35.2 Å². The third-order valence-corrected chi connectivity index (χ3v) is 2.97. The van der Waals surface area contributed by atoms with E-state index in [1.165, 1.54) is 5.56 Å². The molecule has 0 spiro atoms. The quantitative estimate of drug-likeness (QED) is 0.904. The second-order valence-electron chi connectivity index (χ2n) is 3.49. The molecule has 3 heteroatoms. The van der Waals surface area contributed by atoms with Gasteiger partial charge >= 0.3 is 0 Å². The largest absolute Gasteiger partial charge is 0.495 e. The lowest BCUT2D eigenvalue weighted by molar-refractivity contribution is 0.408. The standard InChI is InChI=1S/C11H16BrNO/c1-7-4-9(8(2)6-13)5-10(12)11(7)14-3/h4-5,8H,6,13H2,1-3H3. The second-order valence-corrected chi connectivity index (χ2v) is 4.34. The molecule has 1 aromatic rings. The molecule has 0 aromatic heterocycles. The van der Waals surface area contributed by atoms with Crippen LogP contribution in [0.2, 0.25) is 0 Å². The van der Waals surface area contributed by atoms with Crippen LogP contribution in [0.15, 0.2) is 16.6 Å². The first kappa shape index (κ1) is 11.5. The van der Waals surface area contributed by atoms with Crippen LogP contribution in [0.5, 0.6) is 5.75 Å². The van der Waals surface area contributed by atoms with Gasteiger partial charge in [0.1, 0.15) is 5.75 Å². The van der Waals surface area contributed by atoms with Crippen molar-refractivity contribution in [2.45, 2.75) is 19.8 Å². The number of halogens is 1. The lowest BCUT2D eigenvalue weighted by Gasteiger charge is -2.13. The lowest BCUT2D eigenvalue weighted by Crippen LogP contribution is -2.09. The molecule has 0 aliphatic carbocycles. The Morgan fingerprint density at radius 2 is 2.14 bits per heavy atom. The van der Waals surface area contributed by atoms with Gasteiger partial charge in [-0.2, -0.15) is 0 Å². The molecule has 0 heterocycles. The van der Waals surface area contributed by atoms with Gasteiger partial charge in [-0.1, -0.05) is 13.0 Å². The average Bonchev–Trinajstić information content (AvgIpc) is 2.16. The van der Waals surface area contributed by atoms with Crippen molar-refractivity contribution in [2.75, 3.05) is 13.7 Å². The minimum Gasteiger partial charge on any atom is -0.495 e. The van der Waals surface area contributed by atoms with Gasteiger partial charge < -0.3 is 10.5 Å². The van der Waals surface area contributed by atoms with Crippen LogP contribution >= 0.6 is 15.9 Å². The molecule has 0 saturated heterocycles. The highest BCUT2D eigenvalue weighted by Crippen LogP contribution is 2.32. The Kier molecular flexibility index (Phi) is 3.96. The predicted octanol–water partition coefficient (Wildman–Crippen LogP) is 2.83. The number of ether oxygens (including phenoxy) is 1. The zero-order valence-corrected chi connectivity index (χ0v) is 10.4. The van der Waals surface area contributed by atoms with E-state index in [0.29, 0.717) is 12.5 Å². The van der Waals surface area contributed by atoms with Gasteiger partial charge in [0, 0.05) is 0 Å². The van der Waals surface area contributed by atoms with E-state index in [1.54, 1.807) is 7.11 Å². The zero-order valence-electron chi connectivity index (χ0n) is 8.80. The van der Waals surface area contributed by atoms with Crippen molar-refractivity contribution in [2.24, 2.45) is 5.73 Å². The van der Waals surface area contributed by atoms with Crippen LogP contribution in [-0.4, -0.2) is 13.7 Å². The van der Waals surface area contributed by atoms with Crippen molar-refractivity contribution < 1.29 is 4.74 Å². The highest BCUT2D eigenvalue weighted by molar-refractivity contribution is 9.10. The summed E-state index contributed by atoms with van der Waals surface area (Å²) in [7, 11) is 1.68. The van der Waals surface area contributed by atoms with Gasteiger partial charge in [-0.3, -0.25) is 0 Å². The molecule has 78 valence electrons. The Balaban J connectivity index is 3.13. The van der Waals surface area contributed by atoms with Crippen LogP contribution in [0.1, 0.15) is 24.0 Å². The number of methoxy groups -OCH3 is 1. The number of hydrogen-bond donors (Lipinski definition) is 1. The number of hydrogen-bond acceptors (Lipinski definition) is 2. The molecule has 0 radical (unpaired) electrons. The molecule has 1 aromatic carbocycles. The molecule has 0 aliphatic heterocycles. The summed E-state index contributed by atoms with van der Waals surface area (Å²) < 4.78 is 6.26. The van der Waals surface area contributed by atoms with Gasteiger partial charge in [0.2, 0.25) is 0 Å². The highest BCUT2D eigenvalue weighted by Gasteiger charge is 2.09. The molecule has 2 nitrogen and oxygen atoms in total. The van der Waals surface area contributed by atoms with Crippen molar-refractivity contribution >= 4 is 15.9 Å². The molecule has 0 aliphatic rings. The Morgan fingerprint density at radius 1 is 1.50 bits per heavy atom. The Labute approximate surface area is 93.6 Å². The fourth-order valence-electron chi connectivity index (χ4n) is 1.44. The summed E-state index contributed by atoms with van der Waals surface area (Å²) in [6.07, 6.45) is 0. The van der Waals surface area contributed by atoms with Crippen molar-refractivity contribution in [1.29, 1.82) is 0 Å². The normalized spacial score (nSPS) is 12.6. The summed E-state index contributed by atoms with van der Waals surface area (Å²) in [5.41, 5.74) is 8.01. The Morgan fingerprint density at radius 3 is 2.57 bits per heavy atom. The van der Waals surface area contributed by atoms with E-state index in [9.17, 15) is 0 Å². The number of benzene rings is 1. The maximum Gasteiger partial charge on any atom is 0.135 e. The Bertz CT molecular complexity index is 302. The third-order valence-electron chi connectivity index (χ3n) is 2.38. The summed E-state index contributed by atoms with van der Waals surface area (Å²) in [5.74, 6) is 1.29. The van der Waals surface area contributed by atoms with Gasteiger partial charge in [-0.05, 0) is 52.5 Å². The minimum atomic E-state index is 0.385. The van der Waals surface area contributed by atoms with Gasteiger partial charge in [0.25, 0.3) is 0 Å². The number of aryl methyl sites for hydroxylation is 1. The summed E-state index contributed by atoms with van der Waals surface area (Å²) in [6.45, 7) is 4.82. The molecule has 1 unspecified atom stereocenters. The molecule has 0 bridgehead atoms. The van der Waals surface area contributed by atoms with E-state index >= 15 is 0 Å². The molecule has 1 rings (SSSR count). The van der Waals surface area contributed by atoms with Crippen molar-refractivity contribution in [3.8, 4) is 5.75 Å². The number of nitrogens with two attached hydrogens (primary N) is 1. The highest BCUT2D eigenvalue weighted by atomic mass is 79.9. The summed E-state index contributed by atoms with van der Waals surface area (Å²) in [5, 5.41) is 0. The second kappa shape index (κ2) is 4.80. The van der Waals surface area contributed by atoms with E-state index in [2.05, 4.69) is 35.0 Å². The van der Waals surface area contributed by atoms with E-state index in [0.717, 1.165) is 15.8 Å². The lowest BCUT2D eigenvalue weighted by atomic mass is 9.99. The minimum absolute atomic E-state index is 0.385. The Hall–Kier alpha value is -0.540. The summed E-state index contributed by atoms with van der Waals surface area (Å²) in [6, 6.07) is 4.20. The van der Waals surface area contributed by atoms with E-state index in [1.807, 2.05) is 6.92 Å². The smallest absolute Gasteiger partial charge is 0.135 e. The summed E-state index contributed by atoms with van der Waals surface area (Å²) in [4.78, 5) is 0. The predicted molar refractivity (Wildman–Crippen MR) is 62.9 cm³/mol. The monoisotopic (exact) mass is 257 g/mol. The van der Waals surface area contributed by atoms with Crippen LogP contribution in [-0.2, 0) is 0 Å². The van der Waals surface area contributed by atoms with Crippen molar-refractivity contribution in [3.05, 3.63) is 27.7 Å². The average molecular weight is 258 g/mol. The molecule has 0 amide bonds. The molecule has 0 saturated carbocycles. The van der Waals surface area contributed by atoms with Crippen LogP contribution < -0.4 is 10.5 Å². The number of rotatable bonds is 3. The maximum atomic E-state index is 5.63. The molecule has 0 fully saturated rings. The van der Waals surface area contributed by atoms with E-state index < -0.39 is 0 Å². The van der Waals surface area contributed by atoms with Gasteiger partial charge in [-0.15, -0.1) is 0 Å². The van der Waals surface area contributed by atoms with E-state index in [-0.39, 0.29) is 0 Å². The third kappa shape index (κ3) is 2.28. The van der Waals surface area contributed by atoms with Gasteiger partial charge in [0.05, 0.1) is 11.6 Å². The van der Waals surface area contributed by atoms with Crippen LogP contribution in [0, 0.1) is 6.92 Å². The fraction of sp³-hybridized carbons (Fsp3) is 0.455. The van der Waals surface area contributed by atoms with Crippen molar-refractivity contribution in [3.63, 3.8) is 0 Å². The first-order valence-corrected chi connectivity index (χ1v) is 5.43. The molecule has 2 N–H and O–H groups in total. The van der Waals surface area contributed by atoms with Crippen LogP contribution in [0.3, 0.4) is 0 Å². The van der Waals surface area contributed by atoms with Crippen LogP contribution in [0.25, 0.3) is 0 Å². The fourth-order valence-corrected chi connectivity index (χ4v) is 2.18. The van der Waals surface area contributed by atoms with Gasteiger partial charge in [-0.25, -0.2) is 0 Å². The molecular weight excluding hydrogens is 242 g/mol. The van der Waals surface area contributed by atoms with E-state index in [4.69, 9.17) is 10.5 Å². The molecule has 1 atom stereocenters. The van der Waals surface area contributed by atoms with Crippen molar-refractivity contribution in [1.82, 2.24) is 0 Å². The summed E-state index contributed by atoms with van der Waals surface area (Å²) >= 11 is 3.49.